The summed E-state index contributed by atoms with van der Waals surface area (Å²) in [7, 11) is 0. The number of aromatic nitrogens is 2. The Labute approximate surface area is 107 Å². The second-order valence-electron chi connectivity index (χ2n) is 4.30. The van der Waals surface area contributed by atoms with Crippen LogP contribution in [0.4, 0.5) is 13.2 Å². The first-order chi connectivity index (χ1) is 8.84. The SMILES string of the molecule is Cc1cc(-c2[nH]ncc2C(F)(F)F)c(C)cc1C=O. The van der Waals surface area contributed by atoms with E-state index in [9.17, 15) is 18.0 Å². The zero-order valence-electron chi connectivity index (χ0n) is 10.3. The number of carbonyl (C=O) groups excluding carboxylic acids is 1. The predicted molar refractivity (Wildman–Crippen MR) is 63.9 cm³/mol. The Hall–Kier alpha value is -2.11. The molecule has 0 saturated heterocycles. The van der Waals surface area contributed by atoms with E-state index in [-0.39, 0.29) is 5.69 Å². The van der Waals surface area contributed by atoms with Crippen molar-refractivity contribution >= 4 is 6.29 Å². The fourth-order valence-corrected chi connectivity index (χ4v) is 1.94. The molecule has 0 radical (unpaired) electrons. The molecule has 2 aromatic rings. The Balaban J connectivity index is 2.64. The van der Waals surface area contributed by atoms with Gasteiger partial charge >= 0.3 is 6.18 Å². The van der Waals surface area contributed by atoms with Crippen LogP contribution >= 0.6 is 0 Å². The molecule has 0 aliphatic rings. The Morgan fingerprint density at radius 1 is 1.21 bits per heavy atom. The zero-order chi connectivity index (χ0) is 14.2. The van der Waals surface area contributed by atoms with Gasteiger partial charge in [-0.25, -0.2) is 0 Å². The predicted octanol–water partition coefficient (Wildman–Crippen LogP) is 3.52. The van der Waals surface area contributed by atoms with E-state index in [1.165, 1.54) is 0 Å². The van der Waals surface area contributed by atoms with Crippen LogP contribution in [0.5, 0.6) is 0 Å². The number of halogens is 3. The van der Waals surface area contributed by atoms with Gasteiger partial charge in [-0.2, -0.15) is 18.3 Å². The molecule has 0 unspecified atom stereocenters. The summed E-state index contributed by atoms with van der Waals surface area (Å²) in [4.78, 5) is 10.8. The van der Waals surface area contributed by atoms with Crippen LogP contribution in [-0.4, -0.2) is 16.5 Å². The third-order valence-electron chi connectivity index (χ3n) is 2.95. The number of benzene rings is 1. The highest BCUT2D eigenvalue weighted by Crippen LogP contribution is 2.37. The lowest BCUT2D eigenvalue weighted by atomic mass is 9.97. The van der Waals surface area contributed by atoms with Crippen molar-refractivity contribution in [3.8, 4) is 11.3 Å². The van der Waals surface area contributed by atoms with Gasteiger partial charge in [-0.15, -0.1) is 0 Å². The Kier molecular flexibility index (Phi) is 3.18. The molecule has 0 aliphatic carbocycles. The molecular formula is C13H11F3N2O. The molecular weight excluding hydrogens is 257 g/mol. The van der Waals surface area contributed by atoms with Crippen LogP contribution in [-0.2, 0) is 6.18 Å². The molecule has 1 aromatic heterocycles. The third-order valence-corrected chi connectivity index (χ3v) is 2.95. The highest BCUT2D eigenvalue weighted by Gasteiger charge is 2.35. The number of hydrogen-bond donors (Lipinski definition) is 1. The average molecular weight is 268 g/mol. The van der Waals surface area contributed by atoms with Crippen molar-refractivity contribution in [3.63, 3.8) is 0 Å². The molecule has 1 heterocycles. The van der Waals surface area contributed by atoms with Crippen molar-refractivity contribution in [1.82, 2.24) is 10.2 Å². The maximum Gasteiger partial charge on any atom is 0.420 e. The summed E-state index contributed by atoms with van der Waals surface area (Å²) in [6, 6.07) is 3.13. The number of nitrogens with one attached hydrogen (secondary N) is 1. The summed E-state index contributed by atoms with van der Waals surface area (Å²) < 4.78 is 38.5. The maximum absolute atomic E-state index is 12.8. The molecule has 100 valence electrons. The van der Waals surface area contributed by atoms with Crippen molar-refractivity contribution in [3.05, 3.63) is 40.6 Å². The summed E-state index contributed by atoms with van der Waals surface area (Å²) in [6.45, 7) is 3.33. The highest BCUT2D eigenvalue weighted by molar-refractivity contribution is 5.81. The van der Waals surface area contributed by atoms with E-state index < -0.39 is 11.7 Å². The van der Waals surface area contributed by atoms with Crippen molar-refractivity contribution < 1.29 is 18.0 Å². The lowest BCUT2D eigenvalue weighted by Gasteiger charge is -2.11. The summed E-state index contributed by atoms with van der Waals surface area (Å²) >= 11 is 0. The lowest BCUT2D eigenvalue weighted by molar-refractivity contribution is -0.137. The topological polar surface area (TPSA) is 45.8 Å². The molecule has 1 N–H and O–H groups in total. The van der Waals surface area contributed by atoms with Gasteiger partial charge in [0.25, 0.3) is 0 Å². The van der Waals surface area contributed by atoms with Crippen LogP contribution in [0, 0.1) is 13.8 Å². The van der Waals surface area contributed by atoms with Gasteiger partial charge in [0.15, 0.2) is 0 Å². The van der Waals surface area contributed by atoms with Gasteiger partial charge in [0.1, 0.15) is 11.8 Å². The molecule has 1 aromatic carbocycles. The summed E-state index contributed by atoms with van der Waals surface area (Å²) in [5.74, 6) is 0. The first-order valence-electron chi connectivity index (χ1n) is 5.52. The van der Waals surface area contributed by atoms with Gasteiger partial charge in [-0.1, -0.05) is 0 Å². The minimum atomic E-state index is -4.47. The number of aryl methyl sites for hydroxylation is 2. The normalized spacial score (nSPS) is 11.6. The van der Waals surface area contributed by atoms with Gasteiger partial charge in [0, 0.05) is 11.1 Å². The van der Waals surface area contributed by atoms with Crippen molar-refractivity contribution in [2.24, 2.45) is 0 Å². The van der Waals surface area contributed by atoms with Crippen LogP contribution in [0.25, 0.3) is 11.3 Å². The molecule has 19 heavy (non-hydrogen) atoms. The molecule has 0 bridgehead atoms. The lowest BCUT2D eigenvalue weighted by Crippen LogP contribution is -2.06. The fraction of sp³-hybridized carbons (Fsp3) is 0.231. The third kappa shape index (κ3) is 2.38. The summed E-state index contributed by atoms with van der Waals surface area (Å²) in [5.41, 5.74) is 1.18. The zero-order valence-corrected chi connectivity index (χ0v) is 10.3. The van der Waals surface area contributed by atoms with Gasteiger partial charge in [0.05, 0.1) is 11.9 Å². The minimum absolute atomic E-state index is 0.0782. The quantitative estimate of drug-likeness (QED) is 0.847. The monoisotopic (exact) mass is 268 g/mol. The van der Waals surface area contributed by atoms with E-state index in [4.69, 9.17) is 0 Å². The molecule has 0 amide bonds. The van der Waals surface area contributed by atoms with Crippen LogP contribution in [0.1, 0.15) is 27.0 Å². The van der Waals surface area contributed by atoms with E-state index in [0.717, 1.165) is 6.20 Å². The van der Waals surface area contributed by atoms with Crippen LogP contribution in [0.3, 0.4) is 0 Å². The Morgan fingerprint density at radius 3 is 2.47 bits per heavy atom. The van der Waals surface area contributed by atoms with Gasteiger partial charge < -0.3 is 0 Å². The molecule has 6 heteroatoms. The van der Waals surface area contributed by atoms with Crippen molar-refractivity contribution in [1.29, 1.82) is 0 Å². The van der Waals surface area contributed by atoms with Gasteiger partial charge in [0.2, 0.25) is 0 Å². The Morgan fingerprint density at radius 2 is 1.89 bits per heavy atom. The number of alkyl halides is 3. The molecule has 0 saturated carbocycles. The fourth-order valence-electron chi connectivity index (χ4n) is 1.94. The summed E-state index contributed by atoms with van der Waals surface area (Å²) in [6.07, 6.45) is -3.02. The second kappa shape index (κ2) is 4.53. The molecule has 0 aliphatic heterocycles. The first kappa shape index (κ1) is 13.3. The number of hydrogen-bond acceptors (Lipinski definition) is 2. The molecule has 2 rings (SSSR count). The molecule has 0 fully saturated rings. The van der Waals surface area contributed by atoms with Crippen LogP contribution in [0.2, 0.25) is 0 Å². The van der Waals surface area contributed by atoms with E-state index in [1.54, 1.807) is 26.0 Å². The number of nitrogens with zero attached hydrogens (tertiary/aromatic N) is 1. The van der Waals surface area contributed by atoms with E-state index in [1.807, 2.05) is 0 Å². The van der Waals surface area contributed by atoms with Crippen LogP contribution < -0.4 is 0 Å². The average Bonchev–Trinajstić information content (AvgIpc) is 2.80. The molecule has 0 atom stereocenters. The first-order valence-corrected chi connectivity index (χ1v) is 5.52. The molecule has 0 spiro atoms. The number of rotatable bonds is 2. The standard InChI is InChI=1S/C13H11F3N2O/c1-7-4-10(8(2)3-9(7)6-19)12-11(5-17-18-12)13(14,15)16/h3-6H,1-2H3,(H,17,18). The number of H-pyrrole nitrogens is 1. The minimum Gasteiger partial charge on any atom is -0.298 e. The van der Waals surface area contributed by atoms with E-state index in [0.29, 0.717) is 28.5 Å². The maximum atomic E-state index is 12.8. The number of aromatic amines is 1. The van der Waals surface area contributed by atoms with Gasteiger partial charge in [-0.3, -0.25) is 9.89 Å². The highest BCUT2D eigenvalue weighted by atomic mass is 19.4. The molecule has 3 nitrogen and oxygen atoms in total. The van der Waals surface area contributed by atoms with Crippen molar-refractivity contribution in [2.45, 2.75) is 20.0 Å². The summed E-state index contributed by atoms with van der Waals surface area (Å²) in [5, 5.41) is 5.84. The second-order valence-corrected chi connectivity index (χ2v) is 4.30. The van der Waals surface area contributed by atoms with Crippen LogP contribution in [0.15, 0.2) is 18.3 Å². The van der Waals surface area contributed by atoms with Crippen molar-refractivity contribution in [2.75, 3.05) is 0 Å². The number of aldehydes is 1. The smallest absolute Gasteiger partial charge is 0.298 e. The largest absolute Gasteiger partial charge is 0.420 e. The Bertz CT molecular complexity index is 629. The van der Waals surface area contributed by atoms with E-state index in [2.05, 4.69) is 10.2 Å². The van der Waals surface area contributed by atoms with Gasteiger partial charge in [-0.05, 0) is 37.1 Å². The van der Waals surface area contributed by atoms with E-state index >= 15 is 0 Å². The number of carbonyl (C=O) groups is 1.